The van der Waals surface area contributed by atoms with Gasteiger partial charge in [-0.15, -0.1) is 22.7 Å². The molecule has 3 aromatic heterocycles. The predicted molar refractivity (Wildman–Crippen MR) is 66.1 cm³/mol. The zero-order valence-electron chi connectivity index (χ0n) is 8.41. The second-order valence-electron chi connectivity index (χ2n) is 3.56. The summed E-state index contributed by atoms with van der Waals surface area (Å²) in [6.07, 6.45) is 4.09. The molecule has 0 spiro atoms. The van der Waals surface area contributed by atoms with Gasteiger partial charge in [0.1, 0.15) is 0 Å². The lowest BCUT2D eigenvalue weighted by molar-refractivity contribution is 0.181. The molecule has 82 valence electrons. The Labute approximate surface area is 101 Å². The number of aromatic nitrogens is 2. The van der Waals surface area contributed by atoms with Crippen molar-refractivity contribution in [2.45, 2.75) is 12.5 Å². The summed E-state index contributed by atoms with van der Waals surface area (Å²) in [5.74, 6) is 0. The summed E-state index contributed by atoms with van der Waals surface area (Å²) in [5, 5.41) is 14.0. The minimum absolute atomic E-state index is 0.440. The van der Waals surface area contributed by atoms with Crippen molar-refractivity contribution < 1.29 is 5.11 Å². The van der Waals surface area contributed by atoms with Gasteiger partial charge in [0.15, 0.2) is 4.96 Å². The highest BCUT2D eigenvalue weighted by atomic mass is 32.1. The molecule has 0 saturated carbocycles. The van der Waals surface area contributed by atoms with Gasteiger partial charge < -0.3 is 5.11 Å². The number of aliphatic hydroxyl groups is 1. The number of thiazole rings is 1. The normalized spacial score (nSPS) is 13.3. The van der Waals surface area contributed by atoms with E-state index in [9.17, 15) is 5.11 Å². The highest BCUT2D eigenvalue weighted by Gasteiger charge is 2.12. The van der Waals surface area contributed by atoms with Crippen LogP contribution in [0.5, 0.6) is 0 Å². The Morgan fingerprint density at radius 3 is 3.06 bits per heavy atom. The van der Waals surface area contributed by atoms with Crippen LogP contribution in [0.3, 0.4) is 0 Å². The highest BCUT2D eigenvalue weighted by Crippen LogP contribution is 2.23. The van der Waals surface area contributed by atoms with Crippen LogP contribution in [0.25, 0.3) is 4.96 Å². The lowest BCUT2D eigenvalue weighted by atomic mass is 10.2. The van der Waals surface area contributed by atoms with Crippen LogP contribution < -0.4 is 0 Å². The topological polar surface area (TPSA) is 37.5 Å². The fraction of sp³-hybridized carbons (Fsp3) is 0.182. The van der Waals surface area contributed by atoms with Gasteiger partial charge in [0.25, 0.3) is 0 Å². The molecule has 16 heavy (non-hydrogen) atoms. The molecule has 0 amide bonds. The molecule has 3 heterocycles. The van der Waals surface area contributed by atoms with Crippen molar-refractivity contribution in [2.24, 2.45) is 0 Å². The summed E-state index contributed by atoms with van der Waals surface area (Å²) in [4.78, 5) is 6.43. The fourth-order valence-electron chi connectivity index (χ4n) is 1.65. The second kappa shape index (κ2) is 4.01. The van der Waals surface area contributed by atoms with Crippen LogP contribution in [-0.4, -0.2) is 14.5 Å². The summed E-state index contributed by atoms with van der Waals surface area (Å²) in [6.45, 7) is 0. The molecule has 0 aliphatic heterocycles. The number of aliphatic hydroxyl groups excluding tert-OH is 1. The Morgan fingerprint density at radius 2 is 2.31 bits per heavy atom. The molecular weight excluding hydrogens is 240 g/mol. The number of nitrogens with zero attached hydrogens (tertiary/aromatic N) is 2. The smallest absolute Gasteiger partial charge is 0.193 e. The standard InChI is InChI=1S/C11H10N2OS2/c14-9(10-2-1-4-15-10)6-8-7-13-3-5-16-11(13)12-8/h1-5,7,9,14H,6H2. The maximum atomic E-state index is 9.99. The van der Waals surface area contributed by atoms with E-state index >= 15 is 0 Å². The van der Waals surface area contributed by atoms with Gasteiger partial charge in [-0.25, -0.2) is 4.98 Å². The third-order valence-corrected chi connectivity index (χ3v) is 4.16. The Balaban J connectivity index is 1.82. The fourth-order valence-corrected chi connectivity index (χ4v) is 3.08. The monoisotopic (exact) mass is 250 g/mol. The molecule has 0 aromatic carbocycles. The quantitative estimate of drug-likeness (QED) is 0.776. The van der Waals surface area contributed by atoms with Gasteiger partial charge in [0.05, 0.1) is 11.8 Å². The maximum Gasteiger partial charge on any atom is 0.193 e. The first-order chi connectivity index (χ1) is 7.83. The molecule has 5 heteroatoms. The van der Waals surface area contributed by atoms with Crippen LogP contribution in [0.1, 0.15) is 16.7 Å². The zero-order chi connectivity index (χ0) is 11.0. The van der Waals surface area contributed by atoms with E-state index in [0.29, 0.717) is 6.42 Å². The molecule has 3 nitrogen and oxygen atoms in total. The molecule has 0 bridgehead atoms. The number of imidazole rings is 1. The third-order valence-electron chi connectivity index (χ3n) is 2.42. The second-order valence-corrected chi connectivity index (χ2v) is 5.41. The lowest BCUT2D eigenvalue weighted by Gasteiger charge is -2.04. The summed E-state index contributed by atoms with van der Waals surface area (Å²) in [7, 11) is 0. The molecule has 3 aromatic rings. The molecule has 1 atom stereocenters. The van der Waals surface area contributed by atoms with Crippen molar-refractivity contribution in [2.75, 3.05) is 0 Å². The highest BCUT2D eigenvalue weighted by molar-refractivity contribution is 7.15. The summed E-state index contributed by atoms with van der Waals surface area (Å²) >= 11 is 3.18. The van der Waals surface area contributed by atoms with Gasteiger partial charge in [-0.2, -0.15) is 0 Å². The van der Waals surface area contributed by atoms with Gasteiger partial charge >= 0.3 is 0 Å². The van der Waals surface area contributed by atoms with Gasteiger partial charge in [-0.05, 0) is 11.4 Å². The van der Waals surface area contributed by atoms with E-state index in [1.807, 2.05) is 39.7 Å². The summed E-state index contributed by atoms with van der Waals surface area (Å²) < 4.78 is 1.99. The van der Waals surface area contributed by atoms with Gasteiger partial charge in [-0.1, -0.05) is 6.07 Å². The first-order valence-electron chi connectivity index (χ1n) is 4.95. The largest absolute Gasteiger partial charge is 0.387 e. The molecule has 0 aliphatic carbocycles. The number of rotatable bonds is 3. The van der Waals surface area contributed by atoms with Crippen molar-refractivity contribution in [3.8, 4) is 0 Å². The van der Waals surface area contributed by atoms with Crippen LogP contribution in [0, 0.1) is 0 Å². The van der Waals surface area contributed by atoms with Crippen molar-refractivity contribution in [3.63, 3.8) is 0 Å². The van der Waals surface area contributed by atoms with E-state index in [2.05, 4.69) is 4.98 Å². The number of fused-ring (bicyclic) bond motifs is 1. The SMILES string of the molecule is OC(Cc1cn2ccsc2n1)c1cccs1. The molecule has 0 radical (unpaired) electrons. The first-order valence-corrected chi connectivity index (χ1v) is 6.71. The molecule has 0 fully saturated rings. The average Bonchev–Trinajstić information content (AvgIpc) is 2.91. The maximum absolute atomic E-state index is 9.99. The minimum atomic E-state index is -0.440. The van der Waals surface area contributed by atoms with E-state index in [1.54, 1.807) is 22.7 Å². The van der Waals surface area contributed by atoms with Crippen LogP contribution in [0.15, 0.2) is 35.3 Å². The Bertz CT molecular complexity index is 553. The zero-order valence-corrected chi connectivity index (χ0v) is 10.0. The summed E-state index contributed by atoms with van der Waals surface area (Å²) in [6, 6.07) is 3.91. The van der Waals surface area contributed by atoms with E-state index in [0.717, 1.165) is 15.5 Å². The Morgan fingerprint density at radius 1 is 1.38 bits per heavy atom. The number of thiophene rings is 1. The molecule has 1 unspecified atom stereocenters. The predicted octanol–water partition coefficient (Wildman–Crippen LogP) is 2.73. The molecule has 3 rings (SSSR count). The van der Waals surface area contributed by atoms with Gasteiger partial charge in [-0.3, -0.25) is 4.40 Å². The van der Waals surface area contributed by atoms with E-state index in [4.69, 9.17) is 0 Å². The molecular formula is C11H10N2OS2. The van der Waals surface area contributed by atoms with Crippen molar-refractivity contribution in [1.29, 1.82) is 0 Å². The van der Waals surface area contributed by atoms with E-state index in [-0.39, 0.29) is 0 Å². The van der Waals surface area contributed by atoms with Gasteiger partial charge in [0.2, 0.25) is 0 Å². The Kier molecular flexibility index (Phi) is 2.51. The summed E-state index contributed by atoms with van der Waals surface area (Å²) in [5.41, 5.74) is 0.938. The van der Waals surface area contributed by atoms with Crippen LogP contribution in [0.2, 0.25) is 0 Å². The third kappa shape index (κ3) is 1.77. The number of hydrogen-bond acceptors (Lipinski definition) is 4. The van der Waals surface area contributed by atoms with Crippen molar-refractivity contribution in [1.82, 2.24) is 9.38 Å². The van der Waals surface area contributed by atoms with Crippen LogP contribution >= 0.6 is 22.7 Å². The van der Waals surface area contributed by atoms with E-state index < -0.39 is 6.10 Å². The van der Waals surface area contributed by atoms with E-state index in [1.165, 1.54) is 0 Å². The van der Waals surface area contributed by atoms with Crippen molar-refractivity contribution in [3.05, 3.63) is 45.9 Å². The van der Waals surface area contributed by atoms with Crippen molar-refractivity contribution >= 4 is 27.6 Å². The minimum Gasteiger partial charge on any atom is -0.387 e. The van der Waals surface area contributed by atoms with Crippen LogP contribution in [-0.2, 0) is 6.42 Å². The first kappa shape index (κ1) is 10.0. The van der Waals surface area contributed by atoms with Gasteiger partial charge in [0, 0.05) is 29.1 Å². The molecule has 0 saturated heterocycles. The number of hydrogen-bond donors (Lipinski definition) is 1. The molecule has 0 aliphatic rings. The lowest BCUT2D eigenvalue weighted by Crippen LogP contribution is -1.99. The average molecular weight is 250 g/mol. The molecule has 1 N–H and O–H groups in total. The Hall–Kier alpha value is -1.17. The van der Waals surface area contributed by atoms with Crippen LogP contribution in [0.4, 0.5) is 0 Å².